The molecule has 2 atom stereocenters. The number of nitrogens with one attached hydrogen (secondary N) is 2. The molecular formula is C17H24N4O5S. The normalized spacial score (nSPS) is 21.7. The van der Waals surface area contributed by atoms with Crippen molar-refractivity contribution in [2.75, 3.05) is 46.7 Å². The number of aliphatic hydroxyl groups is 1. The van der Waals surface area contributed by atoms with E-state index in [0.717, 1.165) is 11.3 Å². The van der Waals surface area contributed by atoms with E-state index in [1.807, 2.05) is 19.0 Å². The Hall–Kier alpha value is -2.27. The van der Waals surface area contributed by atoms with E-state index in [2.05, 4.69) is 15.6 Å². The van der Waals surface area contributed by atoms with E-state index in [4.69, 9.17) is 9.47 Å². The fraction of sp³-hybridized carbons (Fsp3) is 0.471. The van der Waals surface area contributed by atoms with Gasteiger partial charge in [0.15, 0.2) is 5.13 Å². The lowest BCUT2D eigenvalue weighted by Crippen LogP contribution is -2.45. The number of rotatable bonds is 8. The van der Waals surface area contributed by atoms with Crippen molar-refractivity contribution in [2.45, 2.75) is 5.79 Å². The maximum atomic E-state index is 12.6. The molecule has 2 unspecified atom stereocenters. The maximum absolute atomic E-state index is 12.6. The smallest absolute Gasteiger partial charge is 0.270 e. The van der Waals surface area contributed by atoms with Crippen molar-refractivity contribution in [3.05, 3.63) is 35.1 Å². The van der Waals surface area contributed by atoms with E-state index >= 15 is 0 Å². The van der Waals surface area contributed by atoms with Gasteiger partial charge in [-0.3, -0.25) is 9.59 Å². The van der Waals surface area contributed by atoms with Crippen molar-refractivity contribution in [3.63, 3.8) is 0 Å². The van der Waals surface area contributed by atoms with Gasteiger partial charge >= 0.3 is 0 Å². The van der Waals surface area contributed by atoms with Gasteiger partial charge in [-0.25, -0.2) is 4.98 Å². The maximum Gasteiger partial charge on any atom is 0.270 e. The highest BCUT2D eigenvalue weighted by Crippen LogP contribution is 2.30. The zero-order valence-corrected chi connectivity index (χ0v) is 16.5. The minimum Gasteiger partial charge on any atom is -0.497 e. The van der Waals surface area contributed by atoms with Gasteiger partial charge in [0.05, 0.1) is 7.11 Å². The van der Waals surface area contributed by atoms with Crippen molar-refractivity contribution in [1.29, 1.82) is 0 Å². The van der Waals surface area contributed by atoms with E-state index in [-0.39, 0.29) is 16.7 Å². The van der Waals surface area contributed by atoms with Gasteiger partial charge in [0, 0.05) is 25.6 Å². The highest BCUT2D eigenvalue weighted by molar-refractivity contribution is 7.14. The molecule has 1 aliphatic rings. The Morgan fingerprint density at radius 3 is 2.78 bits per heavy atom. The number of methoxy groups -OCH3 is 2. The van der Waals surface area contributed by atoms with Gasteiger partial charge in [0.1, 0.15) is 17.4 Å². The number of nitrogens with zero attached hydrogens (tertiary/aromatic N) is 2. The van der Waals surface area contributed by atoms with Gasteiger partial charge in [0.2, 0.25) is 11.7 Å². The lowest BCUT2D eigenvalue weighted by Gasteiger charge is -2.31. The number of anilines is 1. The summed E-state index contributed by atoms with van der Waals surface area (Å²) >= 11 is 1.12. The highest BCUT2D eigenvalue weighted by atomic mass is 32.1. The number of thiazole rings is 1. The molecule has 2 rings (SSSR count). The third-order valence-electron chi connectivity index (χ3n) is 3.92. The predicted octanol–water partition coefficient (Wildman–Crippen LogP) is 0.424. The first-order valence-electron chi connectivity index (χ1n) is 8.21. The fourth-order valence-corrected chi connectivity index (χ4v) is 3.03. The molecule has 1 aromatic rings. The first kappa shape index (κ1) is 21.0. The van der Waals surface area contributed by atoms with Crippen LogP contribution < -0.4 is 10.6 Å². The Kier molecular flexibility index (Phi) is 7.08. The highest BCUT2D eigenvalue weighted by Gasteiger charge is 2.41. The number of carbonyl (C=O) groups is 2. The number of carbonyl (C=O) groups excluding carboxylic acids is 2. The Balaban J connectivity index is 2.03. The van der Waals surface area contributed by atoms with Gasteiger partial charge < -0.3 is 30.1 Å². The molecular weight excluding hydrogens is 372 g/mol. The minimum atomic E-state index is -1.80. The summed E-state index contributed by atoms with van der Waals surface area (Å²) in [5.74, 6) is -3.26. The third kappa shape index (κ3) is 5.36. The number of amides is 2. The molecule has 0 saturated carbocycles. The summed E-state index contributed by atoms with van der Waals surface area (Å²) in [6, 6.07) is 0. The van der Waals surface area contributed by atoms with Crippen LogP contribution in [0.4, 0.5) is 5.13 Å². The number of ether oxygens (including phenoxy) is 2. The fourth-order valence-electron chi connectivity index (χ4n) is 2.34. The van der Waals surface area contributed by atoms with Gasteiger partial charge in [-0.15, -0.1) is 11.3 Å². The monoisotopic (exact) mass is 396 g/mol. The molecule has 0 bridgehead atoms. The predicted molar refractivity (Wildman–Crippen MR) is 101 cm³/mol. The van der Waals surface area contributed by atoms with Gasteiger partial charge in [0.25, 0.3) is 5.91 Å². The molecule has 1 heterocycles. The number of likely N-dealkylation sites (N-methyl/N-ethyl adjacent to an activating group) is 1. The molecule has 0 aromatic carbocycles. The second-order valence-corrected chi connectivity index (χ2v) is 6.98. The van der Waals surface area contributed by atoms with Crippen LogP contribution in [-0.2, 0) is 14.3 Å². The van der Waals surface area contributed by atoms with Gasteiger partial charge in [-0.05, 0) is 32.3 Å². The Morgan fingerprint density at radius 1 is 1.41 bits per heavy atom. The third-order valence-corrected chi connectivity index (χ3v) is 4.68. The standard InChI is InChI=1S/C17H24N4O5S/c1-21(2)8-7-18-15(23)13-10-27-16(19-13)20-14(22)12-9-11(25-3)5-6-17(12,24)26-4/h5-6,9-10,12,24H,7-8H2,1-4H3,(H,18,23)(H,19,20,22). The van der Waals surface area contributed by atoms with Crippen LogP contribution in [-0.4, -0.2) is 74.0 Å². The summed E-state index contributed by atoms with van der Waals surface area (Å²) < 4.78 is 10.2. The summed E-state index contributed by atoms with van der Waals surface area (Å²) in [6.45, 7) is 1.20. The average Bonchev–Trinajstić information content (AvgIpc) is 3.10. The summed E-state index contributed by atoms with van der Waals surface area (Å²) in [5, 5.41) is 17.6. The number of hydrogen-bond donors (Lipinski definition) is 3. The van der Waals surface area contributed by atoms with Crippen LogP contribution in [0.1, 0.15) is 10.5 Å². The second kappa shape index (κ2) is 9.09. The molecule has 0 aliphatic heterocycles. The largest absolute Gasteiger partial charge is 0.497 e. The number of allylic oxidation sites excluding steroid dienone is 1. The summed E-state index contributed by atoms with van der Waals surface area (Å²) in [7, 11) is 6.58. The Bertz CT molecular complexity index is 745. The molecule has 2 amide bonds. The summed E-state index contributed by atoms with van der Waals surface area (Å²) in [5.41, 5.74) is 0.215. The van der Waals surface area contributed by atoms with Crippen molar-refractivity contribution in [2.24, 2.45) is 5.92 Å². The lowest BCUT2D eigenvalue weighted by atomic mass is 9.92. The lowest BCUT2D eigenvalue weighted by molar-refractivity contribution is -0.178. The van der Waals surface area contributed by atoms with Crippen molar-refractivity contribution < 1.29 is 24.2 Å². The van der Waals surface area contributed by atoms with Crippen molar-refractivity contribution >= 4 is 28.3 Å². The summed E-state index contributed by atoms with van der Waals surface area (Å²) in [4.78, 5) is 30.7. The number of aromatic nitrogens is 1. The van der Waals surface area contributed by atoms with Gasteiger partial charge in [-0.1, -0.05) is 0 Å². The molecule has 0 spiro atoms. The molecule has 9 nitrogen and oxygen atoms in total. The molecule has 0 radical (unpaired) electrons. The minimum absolute atomic E-state index is 0.215. The molecule has 1 aliphatic carbocycles. The second-order valence-electron chi connectivity index (χ2n) is 6.13. The zero-order chi connectivity index (χ0) is 20.0. The molecule has 27 heavy (non-hydrogen) atoms. The summed E-state index contributed by atoms with van der Waals surface area (Å²) in [6.07, 6.45) is 4.33. The van der Waals surface area contributed by atoms with Crippen LogP contribution in [0.2, 0.25) is 0 Å². The average molecular weight is 396 g/mol. The molecule has 148 valence electrons. The number of hydrogen-bond acceptors (Lipinski definition) is 8. The van der Waals surface area contributed by atoms with Crippen LogP contribution in [0, 0.1) is 5.92 Å². The topological polar surface area (TPSA) is 113 Å². The molecule has 3 N–H and O–H groups in total. The van der Waals surface area contributed by atoms with E-state index < -0.39 is 17.6 Å². The molecule has 0 saturated heterocycles. The van der Waals surface area contributed by atoms with Crippen LogP contribution >= 0.6 is 11.3 Å². The Morgan fingerprint density at radius 2 is 2.15 bits per heavy atom. The molecule has 10 heteroatoms. The Labute approximate surface area is 161 Å². The van der Waals surface area contributed by atoms with Crippen LogP contribution in [0.5, 0.6) is 0 Å². The van der Waals surface area contributed by atoms with E-state index in [1.54, 1.807) is 5.38 Å². The first-order chi connectivity index (χ1) is 12.8. The zero-order valence-electron chi connectivity index (χ0n) is 15.7. The van der Waals surface area contributed by atoms with E-state index in [1.165, 1.54) is 32.4 Å². The van der Waals surface area contributed by atoms with Crippen LogP contribution in [0.3, 0.4) is 0 Å². The van der Waals surface area contributed by atoms with E-state index in [0.29, 0.717) is 18.8 Å². The van der Waals surface area contributed by atoms with Crippen LogP contribution in [0.15, 0.2) is 29.4 Å². The van der Waals surface area contributed by atoms with Crippen molar-refractivity contribution in [3.8, 4) is 0 Å². The SMILES string of the molecule is COC1=CC(C(=O)Nc2nc(C(=O)NCCN(C)C)cs2)C(O)(OC)C=C1. The van der Waals surface area contributed by atoms with Gasteiger partial charge in [-0.2, -0.15) is 0 Å². The quantitative estimate of drug-likeness (QED) is 0.546. The first-order valence-corrected chi connectivity index (χ1v) is 9.09. The molecule has 0 fully saturated rings. The van der Waals surface area contributed by atoms with Crippen LogP contribution in [0.25, 0.3) is 0 Å². The van der Waals surface area contributed by atoms with E-state index in [9.17, 15) is 14.7 Å². The van der Waals surface area contributed by atoms with Crippen molar-refractivity contribution in [1.82, 2.24) is 15.2 Å². The molecule has 1 aromatic heterocycles.